The summed E-state index contributed by atoms with van der Waals surface area (Å²) in [6, 6.07) is 2.10. The monoisotopic (exact) mass is 182 g/mol. The third kappa shape index (κ3) is 2.59. The molecule has 0 aliphatic carbocycles. The van der Waals surface area contributed by atoms with Crippen LogP contribution in [-0.2, 0) is 0 Å². The molecule has 0 fully saturated rings. The number of aromatic nitrogens is 1. The maximum Gasteiger partial charge on any atom is 0.256 e. The number of hydrogen-bond donors (Lipinski definition) is 0. The summed E-state index contributed by atoms with van der Waals surface area (Å²) in [6.07, 6.45) is 2.13. The Balaban J connectivity index is 2.47. The molecule has 1 aromatic heterocycles. The molecule has 12 heavy (non-hydrogen) atoms. The first kappa shape index (κ1) is 9.14. The lowest BCUT2D eigenvalue weighted by atomic mass is 10.4. The SMILES string of the molecule is Cc1coc(SC(C)CC#N)n1. The number of rotatable bonds is 3. The first-order chi connectivity index (χ1) is 5.72. The number of nitrogens with zero attached hydrogens (tertiary/aromatic N) is 2. The van der Waals surface area contributed by atoms with E-state index in [0.717, 1.165) is 5.69 Å². The average molecular weight is 182 g/mol. The molecule has 1 atom stereocenters. The van der Waals surface area contributed by atoms with E-state index in [4.69, 9.17) is 9.68 Å². The summed E-state index contributed by atoms with van der Waals surface area (Å²) in [7, 11) is 0. The highest BCUT2D eigenvalue weighted by Crippen LogP contribution is 2.23. The van der Waals surface area contributed by atoms with Crippen LogP contribution in [0.25, 0.3) is 0 Å². The van der Waals surface area contributed by atoms with E-state index in [2.05, 4.69) is 11.1 Å². The molecule has 1 aromatic rings. The van der Waals surface area contributed by atoms with Crippen molar-refractivity contribution in [3.63, 3.8) is 0 Å². The Kier molecular flexibility index (Phi) is 3.18. The number of nitriles is 1. The topological polar surface area (TPSA) is 49.8 Å². The van der Waals surface area contributed by atoms with Crippen molar-refractivity contribution in [2.75, 3.05) is 0 Å². The first-order valence-corrected chi connectivity index (χ1v) is 4.56. The summed E-state index contributed by atoms with van der Waals surface area (Å²) in [5.74, 6) is 0. The molecular formula is C8H10N2OS. The summed E-state index contributed by atoms with van der Waals surface area (Å²) in [4.78, 5) is 4.12. The van der Waals surface area contributed by atoms with Gasteiger partial charge in [-0.05, 0) is 6.92 Å². The lowest BCUT2D eigenvalue weighted by Crippen LogP contribution is -1.92. The van der Waals surface area contributed by atoms with Crippen molar-refractivity contribution in [2.45, 2.75) is 30.7 Å². The van der Waals surface area contributed by atoms with E-state index in [0.29, 0.717) is 11.6 Å². The van der Waals surface area contributed by atoms with Crippen LogP contribution in [0.4, 0.5) is 0 Å². The second-order valence-corrected chi connectivity index (χ2v) is 3.94. The molecule has 1 unspecified atom stereocenters. The molecule has 64 valence electrons. The molecule has 0 N–H and O–H groups in total. The fourth-order valence-electron chi connectivity index (χ4n) is 0.729. The molecule has 0 aliphatic heterocycles. The van der Waals surface area contributed by atoms with Crippen LogP contribution in [0.15, 0.2) is 15.9 Å². The lowest BCUT2D eigenvalue weighted by molar-refractivity contribution is 0.453. The highest BCUT2D eigenvalue weighted by Gasteiger charge is 2.07. The maximum atomic E-state index is 8.41. The van der Waals surface area contributed by atoms with Crippen molar-refractivity contribution in [1.82, 2.24) is 4.98 Å². The molecular weight excluding hydrogens is 172 g/mol. The molecule has 1 rings (SSSR count). The van der Waals surface area contributed by atoms with Crippen LogP contribution in [0.2, 0.25) is 0 Å². The van der Waals surface area contributed by atoms with Crippen LogP contribution in [0.3, 0.4) is 0 Å². The van der Waals surface area contributed by atoms with Gasteiger partial charge in [-0.15, -0.1) is 0 Å². The average Bonchev–Trinajstić information content (AvgIpc) is 2.36. The van der Waals surface area contributed by atoms with E-state index in [1.54, 1.807) is 6.26 Å². The van der Waals surface area contributed by atoms with E-state index < -0.39 is 0 Å². The van der Waals surface area contributed by atoms with Crippen LogP contribution < -0.4 is 0 Å². The Morgan fingerprint density at radius 3 is 3.08 bits per heavy atom. The Labute approximate surface area is 75.8 Å². The van der Waals surface area contributed by atoms with Crippen LogP contribution >= 0.6 is 11.8 Å². The fourth-order valence-corrected chi connectivity index (χ4v) is 1.53. The van der Waals surface area contributed by atoms with Gasteiger partial charge in [0.15, 0.2) is 0 Å². The van der Waals surface area contributed by atoms with E-state index >= 15 is 0 Å². The van der Waals surface area contributed by atoms with Crippen molar-refractivity contribution in [1.29, 1.82) is 5.26 Å². The van der Waals surface area contributed by atoms with Gasteiger partial charge in [-0.1, -0.05) is 18.7 Å². The summed E-state index contributed by atoms with van der Waals surface area (Å²) in [5, 5.41) is 9.30. The molecule has 0 saturated heterocycles. The second-order valence-electron chi connectivity index (χ2n) is 2.55. The Hall–Kier alpha value is -0.950. The summed E-state index contributed by atoms with van der Waals surface area (Å²) < 4.78 is 5.12. The largest absolute Gasteiger partial charge is 0.440 e. The highest BCUT2D eigenvalue weighted by atomic mass is 32.2. The van der Waals surface area contributed by atoms with E-state index in [-0.39, 0.29) is 5.25 Å². The van der Waals surface area contributed by atoms with Gasteiger partial charge in [0.25, 0.3) is 5.22 Å². The predicted molar refractivity (Wildman–Crippen MR) is 46.8 cm³/mol. The van der Waals surface area contributed by atoms with E-state index in [1.807, 2.05) is 13.8 Å². The molecule has 4 heteroatoms. The zero-order valence-corrected chi connectivity index (χ0v) is 7.89. The van der Waals surface area contributed by atoms with Crippen LogP contribution in [-0.4, -0.2) is 10.2 Å². The highest BCUT2D eigenvalue weighted by molar-refractivity contribution is 7.99. The zero-order valence-electron chi connectivity index (χ0n) is 7.07. The second kappa shape index (κ2) is 4.17. The van der Waals surface area contributed by atoms with Gasteiger partial charge in [-0.25, -0.2) is 4.98 Å². The van der Waals surface area contributed by atoms with Gasteiger partial charge >= 0.3 is 0 Å². The molecule has 0 saturated carbocycles. The van der Waals surface area contributed by atoms with Gasteiger partial charge in [-0.3, -0.25) is 0 Å². The van der Waals surface area contributed by atoms with Crippen molar-refractivity contribution in [3.05, 3.63) is 12.0 Å². The third-order valence-electron chi connectivity index (χ3n) is 1.28. The maximum absolute atomic E-state index is 8.41. The Morgan fingerprint density at radius 1 is 1.83 bits per heavy atom. The van der Waals surface area contributed by atoms with Crippen molar-refractivity contribution in [3.8, 4) is 6.07 Å². The number of hydrogen-bond acceptors (Lipinski definition) is 4. The Bertz CT molecular complexity index is 289. The van der Waals surface area contributed by atoms with Crippen molar-refractivity contribution < 1.29 is 4.42 Å². The molecule has 0 bridgehead atoms. The molecule has 0 amide bonds. The molecule has 0 radical (unpaired) electrons. The molecule has 1 heterocycles. The lowest BCUT2D eigenvalue weighted by Gasteiger charge is -2.00. The minimum atomic E-state index is 0.244. The summed E-state index contributed by atoms with van der Waals surface area (Å²) in [5.41, 5.74) is 0.877. The van der Waals surface area contributed by atoms with Crippen LogP contribution in [0, 0.1) is 18.3 Å². The minimum Gasteiger partial charge on any atom is -0.440 e. The van der Waals surface area contributed by atoms with Gasteiger partial charge in [0, 0.05) is 11.7 Å². The molecule has 0 aromatic carbocycles. The van der Waals surface area contributed by atoms with E-state index in [1.165, 1.54) is 11.8 Å². The van der Waals surface area contributed by atoms with Gasteiger partial charge in [-0.2, -0.15) is 5.26 Å². The third-order valence-corrected chi connectivity index (χ3v) is 2.24. The number of oxazole rings is 1. The zero-order chi connectivity index (χ0) is 8.97. The normalized spacial score (nSPS) is 12.4. The smallest absolute Gasteiger partial charge is 0.256 e. The predicted octanol–water partition coefficient (Wildman–Crippen LogP) is 2.38. The molecule has 0 aliphatic rings. The first-order valence-electron chi connectivity index (χ1n) is 3.68. The van der Waals surface area contributed by atoms with E-state index in [9.17, 15) is 0 Å². The van der Waals surface area contributed by atoms with Crippen LogP contribution in [0.1, 0.15) is 19.0 Å². The summed E-state index contributed by atoms with van der Waals surface area (Å²) >= 11 is 1.49. The van der Waals surface area contributed by atoms with Crippen molar-refractivity contribution in [2.24, 2.45) is 0 Å². The minimum absolute atomic E-state index is 0.244. The molecule has 3 nitrogen and oxygen atoms in total. The quantitative estimate of drug-likeness (QED) is 0.673. The Morgan fingerprint density at radius 2 is 2.58 bits per heavy atom. The van der Waals surface area contributed by atoms with Gasteiger partial charge in [0.05, 0.1) is 11.8 Å². The van der Waals surface area contributed by atoms with Crippen molar-refractivity contribution >= 4 is 11.8 Å². The van der Waals surface area contributed by atoms with Gasteiger partial charge in [0.1, 0.15) is 6.26 Å². The number of aryl methyl sites for hydroxylation is 1. The molecule has 0 spiro atoms. The van der Waals surface area contributed by atoms with Gasteiger partial charge < -0.3 is 4.42 Å². The summed E-state index contributed by atoms with van der Waals surface area (Å²) in [6.45, 7) is 3.86. The fraction of sp³-hybridized carbons (Fsp3) is 0.500. The van der Waals surface area contributed by atoms with Gasteiger partial charge in [0.2, 0.25) is 0 Å². The number of thioether (sulfide) groups is 1. The van der Waals surface area contributed by atoms with Crippen LogP contribution in [0.5, 0.6) is 0 Å². The standard InChI is InChI=1S/C8H10N2OS/c1-6-5-11-8(10-6)12-7(2)3-4-9/h5,7H,3H2,1-2H3.